The molecule has 1 aliphatic heterocycles. The van der Waals surface area contributed by atoms with Crippen LogP contribution in [0.1, 0.15) is 33.9 Å². The van der Waals surface area contributed by atoms with Crippen LogP contribution in [0.5, 0.6) is 11.5 Å². The number of methoxy groups -OCH3 is 1. The number of carbonyl (C=O) groups excluding carboxylic acids is 2. The number of hydrogen-bond acceptors (Lipinski definition) is 9. The second-order valence-electron chi connectivity index (χ2n) is 9.15. The molecular formula is C29H24ClN3O5S2. The van der Waals surface area contributed by atoms with E-state index in [0.717, 1.165) is 28.0 Å². The van der Waals surface area contributed by atoms with Crippen molar-refractivity contribution in [3.8, 4) is 11.5 Å². The van der Waals surface area contributed by atoms with Gasteiger partial charge in [0.15, 0.2) is 15.8 Å². The lowest BCUT2D eigenvalue weighted by atomic mass is 9.93. The molecular weight excluding hydrogens is 570 g/mol. The molecule has 0 spiro atoms. The molecule has 2 N–H and O–H groups in total. The number of rotatable bonds is 7. The van der Waals surface area contributed by atoms with Crippen LogP contribution in [-0.2, 0) is 15.3 Å². The summed E-state index contributed by atoms with van der Waals surface area (Å²) in [5, 5.41) is 31.0. The average Bonchev–Trinajstić information content (AvgIpc) is 3.51. The van der Waals surface area contributed by atoms with Gasteiger partial charge in [0.1, 0.15) is 5.76 Å². The number of ketones is 1. The van der Waals surface area contributed by atoms with Gasteiger partial charge in [0, 0.05) is 16.3 Å². The standard InChI is InChI=1S/C29H24ClN3O5S2/c1-15-8-9-16(2)19(12-15)25(35)23-24(17-10-11-21(34)22(13-17)38-3)33(27(37)26(23)36)28-31-32-29(40-28)39-14-18-6-4-5-7-20(18)30/h4-13,24,34-35H,14H2,1-3H3/b25-23+. The predicted molar refractivity (Wildman–Crippen MR) is 156 cm³/mol. The van der Waals surface area contributed by atoms with Crippen molar-refractivity contribution >= 4 is 57.3 Å². The number of aliphatic hydroxyl groups excluding tert-OH is 1. The maximum atomic E-state index is 13.5. The normalized spacial score (nSPS) is 16.5. The second kappa shape index (κ2) is 11.3. The van der Waals surface area contributed by atoms with Crippen molar-refractivity contribution in [2.45, 2.75) is 30.0 Å². The summed E-state index contributed by atoms with van der Waals surface area (Å²) >= 11 is 8.84. The zero-order chi connectivity index (χ0) is 28.6. The first-order valence-electron chi connectivity index (χ1n) is 12.1. The third-order valence-corrected chi connectivity index (χ3v) is 9.00. The molecule has 1 atom stereocenters. The quantitative estimate of drug-likeness (QED) is 0.0827. The van der Waals surface area contributed by atoms with Gasteiger partial charge in [0.05, 0.1) is 18.7 Å². The molecule has 4 aromatic rings. The number of benzene rings is 3. The average molecular weight is 594 g/mol. The van der Waals surface area contributed by atoms with Crippen molar-refractivity contribution in [3.05, 3.63) is 99.1 Å². The minimum absolute atomic E-state index is 0.0908. The number of phenols is 1. The predicted octanol–water partition coefficient (Wildman–Crippen LogP) is 6.44. The lowest BCUT2D eigenvalue weighted by Gasteiger charge is -2.23. The summed E-state index contributed by atoms with van der Waals surface area (Å²) in [4.78, 5) is 28.3. The summed E-state index contributed by atoms with van der Waals surface area (Å²) in [5.74, 6) is -1.40. The van der Waals surface area contributed by atoms with Crippen LogP contribution in [0, 0.1) is 13.8 Å². The van der Waals surface area contributed by atoms with Crippen molar-refractivity contribution < 1.29 is 24.5 Å². The molecule has 8 nitrogen and oxygen atoms in total. The number of phenolic OH excluding ortho intramolecular Hbond substituents is 1. The molecule has 1 unspecified atom stereocenters. The Morgan fingerprint density at radius 2 is 1.88 bits per heavy atom. The molecule has 1 aromatic heterocycles. The van der Waals surface area contributed by atoms with Gasteiger partial charge in [-0.15, -0.1) is 10.2 Å². The Labute approximate surface area is 243 Å². The molecule has 1 aliphatic rings. The number of aryl methyl sites for hydroxylation is 2. The first-order chi connectivity index (χ1) is 19.2. The van der Waals surface area contributed by atoms with Crippen molar-refractivity contribution in [1.82, 2.24) is 10.2 Å². The Hall–Kier alpha value is -3.86. The fourth-order valence-electron chi connectivity index (χ4n) is 4.46. The van der Waals surface area contributed by atoms with E-state index < -0.39 is 17.7 Å². The van der Waals surface area contributed by atoms with E-state index in [9.17, 15) is 19.8 Å². The summed E-state index contributed by atoms with van der Waals surface area (Å²) in [7, 11) is 1.40. The maximum absolute atomic E-state index is 13.5. The zero-order valence-corrected chi connectivity index (χ0v) is 24.1. The minimum atomic E-state index is -1.04. The lowest BCUT2D eigenvalue weighted by Crippen LogP contribution is -2.29. The van der Waals surface area contributed by atoms with E-state index in [2.05, 4.69) is 10.2 Å². The third kappa shape index (κ3) is 5.17. The highest BCUT2D eigenvalue weighted by atomic mass is 35.5. The van der Waals surface area contributed by atoms with E-state index in [4.69, 9.17) is 16.3 Å². The maximum Gasteiger partial charge on any atom is 0.301 e. The van der Waals surface area contributed by atoms with Gasteiger partial charge in [0.2, 0.25) is 5.13 Å². The van der Waals surface area contributed by atoms with E-state index in [-0.39, 0.29) is 28.0 Å². The number of halogens is 1. The molecule has 40 heavy (non-hydrogen) atoms. The smallest absolute Gasteiger partial charge is 0.301 e. The molecule has 1 fully saturated rings. The molecule has 204 valence electrons. The van der Waals surface area contributed by atoms with E-state index in [0.29, 0.717) is 26.2 Å². The molecule has 0 bridgehead atoms. The van der Waals surface area contributed by atoms with Crippen LogP contribution >= 0.6 is 34.7 Å². The second-order valence-corrected chi connectivity index (χ2v) is 11.7. The molecule has 2 heterocycles. The van der Waals surface area contributed by atoms with Gasteiger partial charge in [-0.3, -0.25) is 14.5 Å². The number of carbonyl (C=O) groups is 2. The fourth-order valence-corrected chi connectivity index (χ4v) is 6.61. The van der Waals surface area contributed by atoms with Crippen LogP contribution in [0.2, 0.25) is 5.02 Å². The number of aromatic nitrogens is 2. The van der Waals surface area contributed by atoms with E-state index >= 15 is 0 Å². The molecule has 0 saturated carbocycles. The van der Waals surface area contributed by atoms with Crippen LogP contribution < -0.4 is 9.64 Å². The van der Waals surface area contributed by atoms with Crippen molar-refractivity contribution in [1.29, 1.82) is 0 Å². The monoisotopic (exact) mass is 593 g/mol. The van der Waals surface area contributed by atoms with Gasteiger partial charge in [-0.1, -0.05) is 76.7 Å². The summed E-state index contributed by atoms with van der Waals surface area (Å²) in [5.41, 5.74) is 3.35. The van der Waals surface area contributed by atoms with Crippen LogP contribution in [-0.4, -0.2) is 39.2 Å². The minimum Gasteiger partial charge on any atom is -0.507 e. The van der Waals surface area contributed by atoms with Gasteiger partial charge in [-0.25, -0.2) is 0 Å². The molecule has 3 aromatic carbocycles. The number of hydrogen-bond donors (Lipinski definition) is 2. The molecule has 0 radical (unpaired) electrons. The molecule has 1 saturated heterocycles. The van der Waals surface area contributed by atoms with Crippen LogP contribution in [0.3, 0.4) is 0 Å². The Kier molecular flexibility index (Phi) is 7.84. The van der Waals surface area contributed by atoms with Crippen LogP contribution in [0.15, 0.2) is 70.6 Å². The third-order valence-electron chi connectivity index (χ3n) is 6.52. The summed E-state index contributed by atoms with van der Waals surface area (Å²) in [6.07, 6.45) is 0. The first-order valence-corrected chi connectivity index (χ1v) is 14.3. The largest absolute Gasteiger partial charge is 0.507 e. The zero-order valence-electron chi connectivity index (χ0n) is 21.7. The van der Waals surface area contributed by atoms with Gasteiger partial charge in [-0.05, 0) is 54.8 Å². The van der Waals surface area contributed by atoms with Crippen LogP contribution in [0.4, 0.5) is 5.13 Å². The Morgan fingerprint density at radius 3 is 2.62 bits per heavy atom. The number of thioether (sulfide) groups is 1. The topological polar surface area (TPSA) is 113 Å². The summed E-state index contributed by atoms with van der Waals surface area (Å²) in [6, 6.07) is 16.5. The highest BCUT2D eigenvalue weighted by Crippen LogP contribution is 2.45. The number of nitrogens with zero attached hydrogens (tertiary/aromatic N) is 3. The Morgan fingerprint density at radius 1 is 1.10 bits per heavy atom. The van der Waals surface area contributed by atoms with Crippen molar-refractivity contribution in [2.24, 2.45) is 0 Å². The van der Waals surface area contributed by atoms with Gasteiger partial charge < -0.3 is 14.9 Å². The molecule has 11 heteroatoms. The van der Waals surface area contributed by atoms with Crippen molar-refractivity contribution in [3.63, 3.8) is 0 Å². The van der Waals surface area contributed by atoms with Crippen molar-refractivity contribution in [2.75, 3.05) is 12.0 Å². The number of aliphatic hydroxyl groups is 1. The number of amides is 1. The molecule has 5 rings (SSSR count). The van der Waals surface area contributed by atoms with E-state index in [1.165, 1.54) is 35.9 Å². The number of anilines is 1. The Bertz CT molecular complexity index is 1670. The highest BCUT2D eigenvalue weighted by Gasteiger charge is 2.48. The van der Waals surface area contributed by atoms with E-state index in [1.807, 2.05) is 50.2 Å². The number of ether oxygens (including phenoxy) is 1. The fraction of sp³-hybridized carbons (Fsp3) is 0.172. The SMILES string of the molecule is COc1cc(C2/C(=C(\O)c3cc(C)ccc3C)C(=O)C(=O)N2c2nnc(SCc3ccccc3Cl)s2)ccc1O. The van der Waals surface area contributed by atoms with E-state index in [1.54, 1.807) is 12.1 Å². The van der Waals surface area contributed by atoms with Gasteiger partial charge in [-0.2, -0.15) is 0 Å². The van der Waals surface area contributed by atoms with Gasteiger partial charge >= 0.3 is 5.91 Å². The van der Waals surface area contributed by atoms with Gasteiger partial charge in [0.25, 0.3) is 5.78 Å². The highest BCUT2D eigenvalue weighted by molar-refractivity contribution is 8.00. The summed E-state index contributed by atoms with van der Waals surface area (Å²) < 4.78 is 5.86. The van der Waals surface area contributed by atoms with Crippen LogP contribution in [0.25, 0.3) is 5.76 Å². The molecule has 1 amide bonds. The Balaban J connectivity index is 1.60. The molecule has 0 aliphatic carbocycles. The first kappa shape index (κ1) is 27.7. The number of aromatic hydroxyl groups is 1. The summed E-state index contributed by atoms with van der Waals surface area (Å²) in [6.45, 7) is 3.69. The number of Topliss-reactive ketones (excluding diaryl/α,β-unsaturated/α-hetero) is 1. The lowest BCUT2D eigenvalue weighted by molar-refractivity contribution is -0.132.